The molecule has 0 spiro atoms. The van der Waals surface area contributed by atoms with E-state index in [0.29, 0.717) is 26.2 Å². The Morgan fingerprint density at radius 2 is 1.81 bits per heavy atom. The summed E-state index contributed by atoms with van der Waals surface area (Å²) in [6, 6.07) is 10.1. The molecule has 2 aliphatic rings. The molecule has 1 atom stereocenters. The van der Waals surface area contributed by atoms with Crippen LogP contribution in [0.3, 0.4) is 0 Å². The van der Waals surface area contributed by atoms with E-state index < -0.39 is 11.3 Å². The molecule has 3 aromatic rings. The van der Waals surface area contributed by atoms with Crippen molar-refractivity contribution in [3.63, 3.8) is 0 Å². The second-order valence-corrected chi connectivity index (χ2v) is 10.3. The molecule has 190 valence electrons. The van der Waals surface area contributed by atoms with Gasteiger partial charge in [0.25, 0.3) is 0 Å². The Morgan fingerprint density at radius 3 is 2.47 bits per heavy atom. The number of halogens is 2. The van der Waals surface area contributed by atoms with Crippen LogP contribution in [-0.2, 0) is 11.3 Å². The third kappa shape index (κ3) is 4.82. The number of nitrogens with zero attached hydrogens (tertiary/aromatic N) is 5. The molecule has 1 saturated carbocycles. The zero-order valence-electron chi connectivity index (χ0n) is 20.5. The third-order valence-corrected chi connectivity index (χ3v) is 7.83. The topological polar surface area (TPSA) is 88.2 Å². The fraction of sp³-hybridized carbons (Fsp3) is 0.481. The summed E-state index contributed by atoms with van der Waals surface area (Å²) in [6.45, 7) is 5.25. The molecule has 1 saturated heterocycles. The quantitative estimate of drug-likeness (QED) is 0.517. The highest BCUT2D eigenvalue weighted by molar-refractivity contribution is 5.99. The summed E-state index contributed by atoms with van der Waals surface area (Å²) in [5.74, 6) is -1.86. The molecule has 0 radical (unpaired) electrons. The van der Waals surface area contributed by atoms with Crippen LogP contribution in [0.4, 0.5) is 14.6 Å². The summed E-state index contributed by atoms with van der Waals surface area (Å²) in [7, 11) is 0. The summed E-state index contributed by atoms with van der Waals surface area (Å²) in [5, 5.41) is 11.1. The normalized spacial score (nSPS) is 22.0. The van der Waals surface area contributed by atoms with Gasteiger partial charge in [-0.1, -0.05) is 24.3 Å². The number of aromatic nitrogens is 3. The van der Waals surface area contributed by atoms with Crippen molar-refractivity contribution in [3.8, 4) is 11.3 Å². The van der Waals surface area contributed by atoms with Crippen molar-refractivity contribution in [2.24, 2.45) is 11.1 Å². The second kappa shape index (κ2) is 9.78. The zero-order chi connectivity index (χ0) is 25.3. The molecule has 5 rings (SSSR count). The highest BCUT2D eigenvalue weighted by Crippen LogP contribution is 2.43. The van der Waals surface area contributed by atoms with Gasteiger partial charge in [0.15, 0.2) is 5.82 Å². The number of rotatable bonds is 6. The minimum absolute atomic E-state index is 0.134. The molecule has 3 heterocycles. The monoisotopic (exact) mass is 494 g/mol. The molecule has 7 nitrogen and oxygen atoms in total. The molecule has 2 fully saturated rings. The first-order valence-corrected chi connectivity index (χ1v) is 12.6. The van der Waals surface area contributed by atoms with Crippen LogP contribution < -0.4 is 10.6 Å². The van der Waals surface area contributed by atoms with Crippen LogP contribution in [-0.4, -0.2) is 64.5 Å². The number of nitrogens with two attached hydrogens (primary N) is 1. The minimum Gasteiger partial charge on any atom is -0.352 e. The standard InChI is InChI=1S/C27H32F2N6O/c1-19-16-34(12-13-35(19)17-26(18-36)7-9-27(28,29)10-8-26)25-23-15-31-11-6-22(23)24(32-33-25)21-4-2-20(14-30)3-5-21/h2-6,11,15,18-19H,7-10,12-14,16-17,30H2,1H3. The van der Waals surface area contributed by atoms with E-state index in [9.17, 15) is 13.6 Å². The molecule has 36 heavy (non-hydrogen) atoms. The number of piperazine rings is 1. The van der Waals surface area contributed by atoms with Gasteiger partial charge in [-0.3, -0.25) is 9.88 Å². The van der Waals surface area contributed by atoms with Crippen molar-refractivity contribution < 1.29 is 13.6 Å². The number of carbonyl (C=O) groups excluding carboxylic acids is 1. The molecule has 1 aromatic carbocycles. The third-order valence-electron chi connectivity index (χ3n) is 7.83. The molecule has 1 aliphatic carbocycles. The lowest BCUT2D eigenvalue weighted by molar-refractivity contribution is -0.127. The van der Waals surface area contributed by atoms with Crippen molar-refractivity contribution in [1.82, 2.24) is 20.1 Å². The van der Waals surface area contributed by atoms with Crippen molar-refractivity contribution in [3.05, 3.63) is 48.3 Å². The van der Waals surface area contributed by atoms with E-state index in [1.165, 1.54) is 0 Å². The average molecular weight is 495 g/mol. The van der Waals surface area contributed by atoms with E-state index in [-0.39, 0.29) is 31.7 Å². The molecule has 1 unspecified atom stereocenters. The Morgan fingerprint density at radius 1 is 1.06 bits per heavy atom. The van der Waals surface area contributed by atoms with E-state index in [2.05, 4.69) is 31.9 Å². The van der Waals surface area contributed by atoms with Crippen molar-refractivity contribution in [1.29, 1.82) is 0 Å². The first-order valence-electron chi connectivity index (χ1n) is 12.6. The molecule has 2 aromatic heterocycles. The van der Waals surface area contributed by atoms with Crippen LogP contribution in [0.5, 0.6) is 0 Å². The summed E-state index contributed by atoms with van der Waals surface area (Å²) in [5.41, 5.74) is 7.88. The predicted molar refractivity (Wildman–Crippen MR) is 136 cm³/mol. The average Bonchev–Trinajstić information content (AvgIpc) is 2.90. The van der Waals surface area contributed by atoms with Gasteiger partial charge in [-0.05, 0) is 31.4 Å². The largest absolute Gasteiger partial charge is 0.352 e. The maximum atomic E-state index is 13.7. The van der Waals surface area contributed by atoms with E-state index in [1.54, 1.807) is 6.20 Å². The Bertz CT molecular complexity index is 1220. The van der Waals surface area contributed by atoms with Gasteiger partial charge in [-0.15, -0.1) is 10.2 Å². The fourth-order valence-electron chi connectivity index (χ4n) is 5.48. The van der Waals surface area contributed by atoms with Crippen LogP contribution in [0.1, 0.15) is 38.2 Å². The van der Waals surface area contributed by atoms with Gasteiger partial charge < -0.3 is 15.4 Å². The van der Waals surface area contributed by atoms with Gasteiger partial charge >= 0.3 is 0 Å². The predicted octanol–water partition coefficient (Wildman–Crippen LogP) is 4.06. The first-order chi connectivity index (χ1) is 17.3. The van der Waals surface area contributed by atoms with Gasteiger partial charge in [0.05, 0.1) is 0 Å². The Balaban J connectivity index is 1.35. The lowest BCUT2D eigenvalue weighted by atomic mass is 9.73. The number of hydrogen-bond donors (Lipinski definition) is 1. The van der Waals surface area contributed by atoms with Crippen molar-refractivity contribution >= 4 is 22.9 Å². The minimum atomic E-state index is -2.65. The van der Waals surface area contributed by atoms with Crippen molar-refractivity contribution in [2.45, 2.75) is 51.1 Å². The number of pyridine rings is 1. The molecular formula is C27H32F2N6O. The highest BCUT2D eigenvalue weighted by Gasteiger charge is 2.45. The molecular weight excluding hydrogens is 462 g/mol. The van der Waals surface area contributed by atoms with Crippen LogP contribution in [0, 0.1) is 5.41 Å². The van der Waals surface area contributed by atoms with Gasteiger partial charge in [0, 0.05) is 85.8 Å². The van der Waals surface area contributed by atoms with E-state index in [4.69, 9.17) is 5.73 Å². The van der Waals surface area contributed by atoms with Gasteiger partial charge in [0.2, 0.25) is 5.92 Å². The summed E-state index contributed by atoms with van der Waals surface area (Å²) in [6.07, 6.45) is 4.57. The smallest absolute Gasteiger partial charge is 0.248 e. The van der Waals surface area contributed by atoms with Crippen LogP contribution in [0.2, 0.25) is 0 Å². The molecule has 2 N–H and O–H groups in total. The number of fused-ring (bicyclic) bond motifs is 1. The number of anilines is 1. The maximum Gasteiger partial charge on any atom is 0.248 e. The number of carbonyl (C=O) groups is 1. The molecule has 0 bridgehead atoms. The Hall–Kier alpha value is -3.04. The van der Waals surface area contributed by atoms with E-state index >= 15 is 0 Å². The molecule has 9 heteroatoms. The number of benzene rings is 1. The van der Waals surface area contributed by atoms with Gasteiger partial charge in [-0.25, -0.2) is 8.78 Å². The Labute approximate surface area is 209 Å². The van der Waals surface area contributed by atoms with E-state index in [0.717, 1.165) is 46.2 Å². The van der Waals surface area contributed by atoms with Crippen LogP contribution >= 0.6 is 0 Å². The lowest BCUT2D eigenvalue weighted by Crippen LogP contribution is -2.56. The van der Waals surface area contributed by atoms with Gasteiger partial charge in [0.1, 0.15) is 12.0 Å². The lowest BCUT2D eigenvalue weighted by Gasteiger charge is -2.45. The number of aldehydes is 1. The summed E-state index contributed by atoms with van der Waals surface area (Å²) >= 11 is 0. The van der Waals surface area contributed by atoms with Crippen LogP contribution in [0.15, 0.2) is 42.7 Å². The van der Waals surface area contributed by atoms with Crippen molar-refractivity contribution in [2.75, 3.05) is 31.1 Å². The number of hydrogen-bond acceptors (Lipinski definition) is 7. The summed E-state index contributed by atoms with van der Waals surface area (Å²) < 4.78 is 27.4. The number of alkyl halides is 2. The zero-order valence-corrected chi connectivity index (χ0v) is 20.5. The molecule has 1 aliphatic heterocycles. The van der Waals surface area contributed by atoms with Gasteiger partial charge in [-0.2, -0.15) is 0 Å². The highest BCUT2D eigenvalue weighted by atomic mass is 19.3. The second-order valence-electron chi connectivity index (χ2n) is 10.3. The molecule has 0 amide bonds. The SMILES string of the molecule is CC1CN(c2nnc(-c3ccc(CN)cc3)c3ccncc23)CCN1CC1(C=O)CCC(F)(F)CC1. The Kier molecular flexibility index (Phi) is 6.70. The first kappa shape index (κ1) is 24.6. The summed E-state index contributed by atoms with van der Waals surface area (Å²) in [4.78, 5) is 20.8. The van der Waals surface area contributed by atoms with E-state index in [1.807, 2.05) is 36.5 Å². The van der Waals surface area contributed by atoms with Crippen LogP contribution in [0.25, 0.3) is 22.0 Å². The fourth-order valence-corrected chi connectivity index (χ4v) is 5.48. The maximum absolute atomic E-state index is 13.7.